The van der Waals surface area contributed by atoms with E-state index in [1.807, 2.05) is 18.2 Å². The van der Waals surface area contributed by atoms with Crippen LogP contribution in [0.25, 0.3) is 0 Å². The summed E-state index contributed by atoms with van der Waals surface area (Å²) >= 11 is 8.64. The zero-order chi connectivity index (χ0) is 12.3. The first kappa shape index (κ1) is 13.0. The molecule has 1 nitrogen and oxygen atoms in total. The molecule has 2 aromatic rings. The highest BCUT2D eigenvalue weighted by Gasteiger charge is 2.03. The predicted octanol–water partition coefficient (Wildman–Crippen LogP) is 5.37. The molecular weight excluding hydrogens is 364 g/mol. The summed E-state index contributed by atoms with van der Waals surface area (Å²) in [6.45, 7) is 0. The maximum absolute atomic E-state index is 5.20. The molecule has 17 heavy (non-hydrogen) atoms. The van der Waals surface area contributed by atoms with E-state index in [1.165, 1.54) is 9.79 Å². The van der Waals surface area contributed by atoms with Crippen LogP contribution in [-0.4, -0.2) is 7.11 Å². The monoisotopic (exact) mass is 372 g/mol. The van der Waals surface area contributed by atoms with E-state index in [-0.39, 0.29) is 0 Å². The number of ether oxygens (including phenoxy) is 1. The van der Waals surface area contributed by atoms with Crippen molar-refractivity contribution in [3.8, 4) is 5.75 Å². The number of hydrogen-bond donors (Lipinski definition) is 0. The Labute approximate surface area is 122 Å². The zero-order valence-electron chi connectivity index (χ0n) is 9.11. The van der Waals surface area contributed by atoms with Gasteiger partial charge in [-0.2, -0.15) is 0 Å². The van der Waals surface area contributed by atoms with E-state index in [9.17, 15) is 0 Å². The van der Waals surface area contributed by atoms with Crippen molar-refractivity contribution < 1.29 is 4.74 Å². The quantitative estimate of drug-likeness (QED) is 0.715. The molecule has 0 aliphatic heterocycles. The van der Waals surface area contributed by atoms with Crippen LogP contribution in [0.2, 0.25) is 0 Å². The highest BCUT2D eigenvalue weighted by molar-refractivity contribution is 9.10. The minimum atomic E-state index is 0.852. The summed E-state index contributed by atoms with van der Waals surface area (Å²) in [5, 5.41) is 0. The lowest BCUT2D eigenvalue weighted by Gasteiger charge is -2.06. The molecule has 88 valence electrons. The lowest BCUT2D eigenvalue weighted by molar-refractivity contribution is 0.412. The van der Waals surface area contributed by atoms with Crippen molar-refractivity contribution in [3.05, 3.63) is 51.4 Å². The Morgan fingerprint density at radius 3 is 2.18 bits per heavy atom. The van der Waals surface area contributed by atoms with E-state index in [1.54, 1.807) is 18.9 Å². The van der Waals surface area contributed by atoms with Crippen molar-refractivity contribution in [1.29, 1.82) is 0 Å². The summed E-state index contributed by atoms with van der Waals surface area (Å²) in [5.41, 5.74) is 0. The Hall–Kier alpha value is -0.450. The second-order valence-electron chi connectivity index (χ2n) is 3.35. The lowest BCUT2D eigenvalue weighted by Crippen LogP contribution is -1.84. The maximum atomic E-state index is 5.20. The van der Waals surface area contributed by atoms with Crippen molar-refractivity contribution in [1.82, 2.24) is 0 Å². The number of hydrogen-bond acceptors (Lipinski definition) is 2. The summed E-state index contributed by atoms with van der Waals surface area (Å²) in [6.07, 6.45) is 0. The third-order valence-electron chi connectivity index (χ3n) is 2.17. The van der Waals surface area contributed by atoms with Gasteiger partial charge in [-0.25, -0.2) is 0 Å². The van der Waals surface area contributed by atoms with Gasteiger partial charge in [0.1, 0.15) is 5.75 Å². The van der Waals surface area contributed by atoms with Crippen LogP contribution < -0.4 is 4.74 Å². The highest BCUT2D eigenvalue weighted by atomic mass is 79.9. The maximum Gasteiger partial charge on any atom is 0.133 e. The molecular formula is C13H10Br2OS. The van der Waals surface area contributed by atoms with E-state index in [4.69, 9.17) is 4.74 Å². The standard InChI is InChI=1S/C13H10Br2OS/c1-16-13-7-6-11(8-12(13)15)17-10-4-2-9(14)3-5-10/h2-8H,1H3. The fourth-order valence-corrected chi connectivity index (χ4v) is 3.16. The van der Waals surface area contributed by atoms with Gasteiger partial charge in [0.2, 0.25) is 0 Å². The largest absolute Gasteiger partial charge is 0.496 e. The lowest BCUT2D eigenvalue weighted by atomic mass is 10.3. The molecule has 0 saturated carbocycles. The predicted molar refractivity (Wildman–Crippen MR) is 79.0 cm³/mol. The summed E-state index contributed by atoms with van der Waals surface area (Å²) in [4.78, 5) is 2.39. The molecule has 0 bridgehead atoms. The first-order valence-corrected chi connectivity index (χ1v) is 7.36. The zero-order valence-corrected chi connectivity index (χ0v) is 13.1. The summed E-state index contributed by atoms with van der Waals surface area (Å²) in [7, 11) is 1.67. The molecule has 2 aromatic carbocycles. The van der Waals surface area contributed by atoms with Gasteiger partial charge in [0.05, 0.1) is 11.6 Å². The molecule has 0 N–H and O–H groups in total. The summed E-state index contributed by atoms with van der Waals surface area (Å²) in [6, 6.07) is 14.3. The fraction of sp³-hybridized carbons (Fsp3) is 0.0769. The third kappa shape index (κ3) is 3.50. The van der Waals surface area contributed by atoms with Gasteiger partial charge in [0.15, 0.2) is 0 Å². The number of methoxy groups -OCH3 is 1. The van der Waals surface area contributed by atoms with Crippen LogP contribution in [0.4, 0.5) is 0 Å². The molecule has 0 fully saturated rings. The molecule has 0 radical (unpaired) electrons. The Kier molecular flexibility index (Phi) is 4.54. The van der Waals surface area contributed by atoms with E-state index in [2.05, 4.69) is 56.1 Å². The van der Waals surface area contributed by atoms with Crippen molar-refractivity contribution in [2.45, 2.75) is 9.79 Å². The van der Waals surface area contributed by atoms with Gasteiger partial charge in [0, 0.05) is 14.3 Å². The van der Waals surface area contributed by atoms with Crippen LogP contribution in [0, 0.1) is 0 Å². The Balaban J connectivity index is 2.19. The SMILES string of the molecule is COc1ccc(Sc2ccc(Br)cc2)cc1Br. The van der Waals surface area contributed by atoms with Gasteiger partial charge in [0.25, 0.3) is 0 Å². The second-order valence-corrected chi connectivity index (χ2v) is 6.27. The molecule has 0 aromatic heterocycles. The van der Waals surface area contributed by atoms with Crippen molar-refractivity contribution in [2.24, 2.45) is 0 Å². The first-order chi connectivity index (χ1) is 8.19. The third-order valence-corrected chi connectivity index (χ3v) is 4.32. The van der Waals surface area contributed by atoms with Crippen LogP contribution >= 0.6 is 43.6 Å². The van der Waals surface area contributed by atoms with Crippen molar-refractivity contribution >= 4 is 43.6 Å². The summed E-state index contributed by atoms with van der Waals surface area (Å²) < 4.78 is 7.27. The first-order valence-electron chi connectivity index (χ1n) is 4.96. The van der Waals surface area contributed by atoms with E-state index in [0.717, 1.165) is 14.7 Å². The van der Waals surface area contributed by atoms with Crippen LogP contribution in [0.1, 0.15) is 0 Å². The van der Waals surface area contributed by atoms with Crippen LogP contribution in [0.5, 0.6) is 5.75 Å². The molecule has 2 rings (SSSR count). The van der Waals surface area contributed by atoms with Crippen molar-refractivity contribution in [2.75, 3.05) is 7.11 Å². The number of rotatable bonds is 3. The normalized spacial score (nSPS) is 10.3. The number of halogens is 2. The van der Waals surface area contributed by atoms with E-state index >= 15 is 0 Å². The fourth-order valence-electron chi connectivity index (χ4n) is 1.35. The second kappa shape index (κ2) is 5.94. The van der Waals surface area contributed by atoms with Gasteiger partial charge in [-0.15, -0.1) is 0 Å². The van der Waals surface area contributed by atoms with E-state index < -0.39 is 0 Å². The van der Waals surface area contributed by atoms with Crippen LogP contribution in [-0.2, 0) is 0 Å². The highest BCUT2D eigenvalue weighted by Crippen LogP contribution is 2.34. The molecule has 0 aliphatic rings. The Bertz CT molecular complexity index is 511. The molecule has 0 atom stereocenters. The molecule has 0 heterocycles. The molecule has 0 aliphatic carbocycles. The molecule has 0 unspecified atom stereocenters. The molecule has 0 spiro atoms. The van der Waals surface area contributed by atoms with Gasteiger partial charge in [-0.3, -0.25) is 0 Å². The summed E-state index contributed by atoms with van der Waals surface area (Å²) in [5.74, 6) is 0.852. The Morgan fingerprint density at radius 2 is 1.59 bits per heavy atom. The smallest absolute Gasteiger partial charge is 0.133 e. The van der Waals surface area contributed by atoms with Gasteiger partial charge >= 0.3 is 0 Å². The van der Waals surface area contributed by atoms with Crippen LogP contribution in [0.3, 0.4) is 0 Å². The van der Waals surface area contributed by atoms with Gasteiger partial charge in [-0.05, 0) is 58.4 Å². The molecule has 4 heteroatoms. The minimum Gasteiger partial charge on any atom is -0.496 e. The minimum absolute atomic E-state index is 0.852. The Morgan fingerprint density at radius 1 is 0.941 bits per heavy atom. The number of benzene rings is 2. The average molecular weight is 374 g/mol. The average Bonchev–Trinajstić information content (AvgIpc) is 2.32. The topological polar surface area (TPSA) is 9.23 Å². The van der Waals surface area contributed by atoms with Gasteiger partial charge < -0.3 is 4.74 Å². The molecule has 0 amide bonds. The van der Waals surface area contributed by atoms with Gasteiger partial charge in [-0.1, -0.05) is 27.7 Å². The van der Waals surface area contributed by atoms with E-state index in [0.29, 0.717) is 0 Å². The van der Waals surface area contributed by atoms with Crippen molar-refractivity contribution in [3.63, 3.8) is 0 Å². The van der Waals surface area contributed by atoms with Crippen LogP contribution in [0.15, 0.2) is 61.2 Å². The molecule has 0 saturated heterocycles.